The van der Waals surface area contributed by atoms with Crippen molar-refractivity contribution in [2.45, 2.75) is 24.8 Å². The van der Waals surface area contributed by atoms with E-state index in [1.807, 2.05) is 13.8 Å². The molecule has 1 aromatic rings. The monoisotopic (exact) mass is 254 g/mol. The molecular weight excluding hydrogens is 240 g/mol. The van der Waals surface area contributed by atoms with E-state index in [4.69, 9.17) is 4.74 Å². The molecule has 0 amide bonds. The van der Waals surface area contributed by atoms with Crippen LogP contribution in [0.25, 0.3) is 6.08 Å². The minimum atomic E-state index is -3.59. The van der Waals surface area contributed by atoms with Crippen LogP contribution in [0.2, 0.25) is 0 Å². The first kappa shape index (κ1) is 12.1. The highest BCUT2D eigenvalue weighted by atomic mass is 32.2. The van der Waals surface area contributed by atoms with E-state index >= 15 is 0 Å². The molecule has 0 atom stereocenters. The summed E-state index contributed by atoms with van der Waals surface area (Å²) < 4.78 is 29.5. The molecule has 0 spiro atoms. The number of hydrogen-bond acceptors (Lipinski definition) is 4. The summed E-state index contributed by atoms with van der Waals surface area (Å²) in [7, 11) is -3.59. The van der Waals surface area contributed by atoms with Crippen molar-refractivity contribution >= 4 is 15.9 Å². The first-order valence-electron chi connectivity index (χ1n) is 5.32. The molecule has 17 heavy (non-hydrogen) atoms. The average molecular weight is 254 g/mol. The van der Waals surface area contributed by atoms with E-state index in [2.05, 4.69) is 0 Å². The second-order valence-electron chi connectivity index (χ2n) is 4.17. The van der Waals surface area contributed by atoms with Crippen LogP contribution >= 0.6 is 0 Å². The fraction of sp³-hybridized carbons (Fsp3) is 0.333. The predicted molar refractivity (Wildman–Crippen MR) is 64.4 cm³/mol. The van der Waals surface area contributed by atoms with E-state index in [0.29, 0.717) is 5.56 Å². The van der Waals surface area contributed by atoms with Crippen LogP contribution in [0.4, 0.5) is 0 Å². The largest absolute Gasteiger partial charge is 0.507 e. The van der Waals surface area contributed by atoms with E-state index in [9.17, 15) is 13.5 Å². The highest BCUT2D eigenvalue weighted by molar-refractivity contribution is 7.96. The predicted octanol–water partition coefficient (Wildman–Crippen LogP) is 1.95. The van der Waals surface area contributed by atoms with E-state index in [0.717, 1.165) is 0 Å². The number of aromatic hydroxyl groups is 1. The number of ether oxygens (including phenoxy) is 1. The minimum absolute atomic E-state index is 0.0117. The number of phenols is 1. The van der Waals surface area contributed by atoms with Crippen molar-refractivity contribution in [2.24, 2.45) is 0 Å². The molecule has 1 aliphatic heterocycles. The lowest BCUT2D eigenvalue weighted by Gasteiger charge is -2.08. The Morgan fingerprint density at radius 2 is 2.06 bits per heavy atom. The average Bonchev–Trinajstić information content (AvgIpc) is 2.48. The second-order valence-corrected chi connectivity index (χ2v) is 6.11. The second kappa shape index (κ2) is 4.16. The maximum atomic E-state index is 12.1. The van der Waals surface area contributed by atoms with Gasteiger partial charge in [0.15, 0.2) is 0 Å². The highest BCUT2D eigenvalue weighted by Gasteiger charge is 2.32. The zero-order valence-electron chi connectivity index (χ0n) is 9.67. The van der Waals surface area contributed by atoms with Gasteiger partial charge in [-0.3, -0.25) is 0 Å². The number of phenolic OH excluding ortho intramolecular Hbond substituents is 1. The van der Waals surface area contributed by atoms with Crippen LogP contribution in [0.5, 0.6) is 5.75 Å². The zero-order valence-corrected chi connectivity index (χ0v) is 10.5. The maximum absolute atomic E-state index is 12.1. The van der Waals surface area contributed by atoms with E-state index in [1.165, 1.54) is 6.07 Å². The van der Waals surface area contributed by atoms with Crippen LogP contribution in [-0.4, -0.2) is 26.2 Å². The van der Waals surface area contributed by atoms with Gasteiger partial charge in [-0.05, 0) is 31.6 Å². The van der Waals surface area contributed by atoms with Gasteiger partial charge in [-0.1, -0.05) is 12.1 Å². The Balaban J connectivity index is 2.40. The summed E-state index contributed by atoms with van der Waals surface area (Å²) in [5.41, 5.74) is 0.521. The smallest absolute Gasteiger partial charge is 0.209 e. The molecule has 0 bridgehead atoms. The molecule has 2 rings (SSSR count). The summed E-state index contributed by atoms with van der Waals surface area (Å²) in [5.74, 6) is -0.210. The Morgan fingerprint density at radius 1 is 1.35 bits per heavy atom. The van der Waals surface area contributed by atoms with Crippen molar-refractivity contribution in [3.8, 4) is 5.75 Å². The third kappa shape index (κ3) is 2.08. The van der Waals surface area contributed by atoms with Crippen molar-refractivity contribution in [1.82, 2.24) is 0 Å². The molecule has 0 fully saturated rings. The number of hydrogen-bond donors (Lipinski definition) is 1. The topological polar surface area (TPSA) is 63.6 Å². The normalized spacial score (nSPS) is 17.0. The standard InChI is InChI=1S/C12H14O4S/c1-8(2)16-7-10-6-9-4-3-5-11(13)12(9)17(10,14)15/h3-6,8,13H,7H2,1-2H3. The Kier molecular flexibility index (Phi) is 2.97. The molecule has 1 N–H and O–H groups in total. The number of rotatable bonds is 3. The molecule has 92 valence electrons. The van der Waals surface area contributed by atoms with Crippen LogP contribution in [0.3, 0.4) is 0 Å². The molecule has 0 saturated carbocycles. The third-order valence-electron chi connectivity index (χ3n) is 2.51. The maximum Gasteiger partial charge on any atom is 0.209 e. The summed E-state index contributed by atoms with van der Waals surface area (Å²) in [4.78, 5) is 0.185. The van der Waals surface area contributed by atoms with Gasteiger partial charge in [-0.15, -0.1) is 0 Å². The molecule has 0 aromatic heterocycles. The van der Waals surface area contributed by atoms with Crippen LogP contribution in [0.1, 0.15) is 19.4 Å². The first-order chi connectivity index (χ1) is 7.93. The van der Waals surface area contributed by atoms with Gasteiger partial charge in [-0.2, -0.15) is 0 Å². The van der Waals surface area contributed by atoms with Crippen LogP contribution < -0.4 is 0 Å². The summed E-state index contributed by atoms with van der Waals surface area (Å²) in [6.45, 7) is 3.72. The van der Waals surface area contributed by atoms with Gasteiger partial charge in [0.05, 0.1) is 17.6 Å². The van der Waals surface area contributed by atoms with Crippen LogP contribution in [0, 0.1) is 0 Å². The van der Waals surface area contributed by atoms with Crippen molar-refractivity contribution < 1.29 is 18.3 Å². The number of benzene rings is 1. The van der Waals surface area contributed by atoms with E-state index < -0.39 is 9.84 Å². The van der Waals surface area contributed by atoms with Crippen molar-refractivity contribution in [1.29, 1.82) is 0 Å². The van der Waals surface area contributed by atoms with Crippen LogP contribution in [-0.2, 0) is 14.6 Å². The molecular formula is C12H14O4S. The Labute approximate surface area is 100 Å². The first-order valence-corrected chi connectivity index (χ1v) is 6.80. The summed E-state index contributed by atoms with van der Waals surface area (Å²) >= 11 is 0. The molecule has 1 heterocycles. The molecule has 5 heteroatoms. The van der Waals surface area contributed by atoms with Gasteiger partial charge in [0.2, 0.25) is 9.84 Å². The van der Waals surface area contributed by atoms with E-state index in [-0.39, 0.29) is 28.3 Å². The van der Waals surface area contributed by atoms with Crippen molar-refractivity contribution in [3.63, 3.8) is 0 Å². The van der Waals surface area contributed by atoms with E-state index in [1.54, 1.807) is 18.2 Å². The third-order valence-corrected chi connectivity index (χ3v) is 4.42. The van der Waals surface area contributed by atoms with Gasteiger partial charge in [0, 0.05) is 0 Å². The lowest BCUT2D eigenvalue weighted by molar-refractivity contribution is 0.101. The van der Waals surface area contributed by atoms with Gasteiger partial charge in [0.25, 0.3) is 0 Å². The van der Waals surface area contributed by atoms with Gasteiger partial charge in [0.1, 0.15) is 10.6 Å². The summed E-state index contributed by atoms with van der Waals surface area (Å²) in [6.07, 6.45) is 1.51. The zero-order chi connectivity index (χ0) is 12.6. The minimum Gasteiger partial charge on any atom is -0.507 e. The number of fused-ring (bicyclic) bond motifs is 1. The lowest BCUT2D eigenvalue weighted by atomic mass is 10.2. The van der Waals surface area contributed by atoms with Crippen molar-refractivity contribution in [3.05, 3.63) is 28.7 Å². The van der Waals surface area contributed by atoms with Crippen molar-refractivity contribution in [2.75, 3.05) is 6.61 Å². The molecule has 1 aromatic carbocycles. The molecule has 0 saturated heterocycles. The molecule has 0 radical (unpaired) electrons. The molecule has 1 aliphatic rings. The van der Waals surface area contributed by atoms with Crippen LogP contribution in [0.15, 0.2) is 28.0 Å². The van der Waals surface area contributed by atoms with Gasteiger partial charge in [-0.25, -0.2) is 8.42 Å². The quantitative estimate of drug-likeness (QED) is 0.895. The fourth-order valence-corrected chi connectivity index (χ4v) is 3.25. The SMILES string of the molecule is CC(C)OCC1=Cc2cccc(O)c2S1(=O)=O. The molecule has 4 nitrogen and oxygen atoms in total. The van der Waals surface area contributed by atoms with Gasteiger partial charge < -0.3 is 9.84 Å². The Morgan fingerprint density at radius 3 is 2.65 bits per heavy atom. The highest BCUT2D eigenvalue weighted by Crippen LogP contribution is 2.38. The Hall–Kier alpha value is -1.33. The Bertz CT molecular complexity index is 570. The summed E-state index contributed by atoms with van der Waals surface area (Å²) in [6, 6.07) is 4.65. The molecule has 0 aliphatic carbocycles. The fourth-order valence-electron chi connectivity index (χ4n) is 1.70. The van der Waals surface area contributed by atoms with Gasteiger partial charge >= 0.3 is 0 Å². The summed E-state index contributed by atoms with van der Waals surface area (Å²) in [5, 5.41) is 9.61. The lowest BCUT2D eigenvalue weighted by Crippen LogP contribution is -2.11. The molecule has 0 unspecified atom stereocenters. The number of sulfone groups is 1.